The van der Waals surface area contributed by atoms with Gasteiger partial charge in [-0.1, -0.05) is 35.3 Å². The van der Waals surface area contributed by atoms with Crippen molar-refractivity contribution >= 4 is 63.9 Å². The third-order valence-corrected chi connectivity index (χ3v) is 9.01. The lowest BCUT2D eigenvalue weighted by Gasteiger charge is -2.17. The molecule has 3 rings (SSSR count). The molecule has 0 aliphatic heterocycles. The van der Waals surface area contributed by atoms with E-state index in [2.05, 4.69) is 10.6 Å². The Balaban J connectivity index is 1.69. The van der Waals surface area contributed by atoms with Crippen molar-refractivity contribution in [1.82, 2.24) is 5.32 Å². The smallest absolute Gasteiger partial charge is 0.328 e. The monoisotopic (exact) mass is 540 g/mol. The number of hydrogen-bond donors (Lipinski definition) is 4. The summed E-state index contributed by atoms with van der Waals surface area (Å²) >= 11 is 14.1. The van der Waals surface area contributed by atoms with Crippen LogP contribution in [0.4, 0.5) is 5.00 Å². The molecule has 180 valence electrons. The van der Waals surface area contributed by atoms with Crippen molar-refractivity contribution in [1.29, 1.82) is 0 Å². The van der Waals surface area contributed by atoms with E-state index in [9.17, 15) is 24.4 Å². The van der Waals surface area contributed by atoms with Gasteiger partial charge in [-0.2, -0.15) is 0 Å². The Morgan fingerprint density at radius 3 is 2.41 bits per heavy atom. The Morgan fingerprint density at radius 1 is 1.12 bits per heavy atom. The number of anilines is 1. The predicted octanol–water partition coefficient (Wildman–Crippen LogP) is 4.92. The van der Waals surface area contributed by atoms with Crippen LogP contribution in [0, 0.1) is 0 Å². The number of halogens is 2. The minimum atomic E-state index is -2.75. The number of phenolic OH excluding ortho intramolecular Hbond substituents is 1. The normalized spacial score (nSPS) is 13.6. The van der Waals surface area contributed by atoms with Gasteiger partial charge in [-0.25, -0.2) is 4.79 Å². The van der Waals surface area contributed by atoms with Crippen LogP contribution < -0.4 is 15.9 Å². The van der Waals surface area contributed by atoms with Gasteiger partial charge >= 0.3 is 5.97 Å². The number of carbonyl (C=O) groups excluding carboxylic acids is 1. The van der Waals surface area contributed by atoms with E-state index >= 15 is 0 Å². The van der Waals surface area contributed by atoms with Crippen molar-refractivity contribution in [2.24, 2.45) is 0 Å². The molecule has 0 spiro atoms. The summed E-state index contributed by atoms with van der Waals surface area (Å²) in [6, 6.07) is 11.9. The second kappa shape index (κ2) is 11.3. The van der Waals surface area contributed by atoms with Gasteiger partial charge in [0, 0.05) is 18.0 Å². The third kappa shape index (κ3) is 6.76. The van der Waals surface area contributed by atoms with Gasteiger partial charge in [0.15, 0.2) is 0 Å². The fourth-order valence-corrected chi connectivity index (χ4v) is 6.34. The van der Waals surface area contributed by atoms with E-state index < -0.39 is 25.1 Å². The van der Waals surface area contributed by atoms with Crippen LogP contribution in [0.5, 0.6) is 5.75 Å². The highest BCUT2D eigenvalue weighted by Crippen LogP contribution is 2.41. The van der Waals surface area contributed by atoms with E-state index in [0.29, 0.717) is 23.5 Å². The molecule has 1 aromatic heterocycles. The van der Waals surface area contributed by atoms with Crippen LogP contribution in [-0.4, -0.2) is 47.5 Å². The number of amides is 1. The molecule has 1 amide bonds. The molecule has 2 atom stereocenters. The van der Waals surface area contributed by atoms with Crippen molar-refractivity contribution in [2.75, 3.05) is 24.7 Å². The van der Waals surface area contributed by atoms with E-state index in [0.717, 1.165) is 5.00 Å². The Morgan fingerprint density at radius 2 is 1.82 bits per heavy atom. The van der Waals surface area contributed by atoms with Gasteiger partial charge < -0.3 is 25.4 Å². The summed E-state index contributed by atoms with van der Waals surface area (Å²) in [6.07, 6.45) is 0.692. The second-order valence-electron chi connectivity index (χ2n) is 7.75. The molecule has 0 aliphatic carbocycles. The minimum absolute atomic E-state index is 0.0181. The highest BCUT2D eigenvalue weighted by Gasteiger charge is 2.25. The molecule has 34 heavy (non-hydrogen) atoms. The molecule has 0 bridgehead atoms. The van der Waals surface area contributed by atoms with E-state index in [1.165, 1.54) is 23.5 Å². The summed E-state index contributed by atoms with van der Waals surface area (Å²) < 4.78 is 13.1. The van der Waals surface area contributed by atoms with E-state index in [4.69, 9.17) is 23.2 Å². The molecule has 0 fully saturated rings. The zero-order valence-electron chi connectivity index (χ0n) is 18.1. The quantitative estimate of drug-likeness (QED) is 0.271. The van der Waals surface area contributed by atoms with Crippen molar-refractivity contribution in [3.05, 3.63) is 75.1 Å². The predicted molar refractivity (Wildman–Crippen MR) is 138 cm³/mol. The number of aromatic hydroxyl groups is 1. The molecule has 3 aromatic rings. The van der Waals surface area contributed by atoms with Crippen molar-refractivity contribution in [3.63, 3.8) is 0 Å². The number of carbonyl (C=O) groups is 2. The number of rotatable bonds is 10. The lowest BCUT2D eigenvalue weighted by Crippen LogP contribution is -2.45. The second-order valence-corrected chi connectivity index (χ2v) is 12.7. The number of phenols is 1. The molecule has 0 radical (unpaired) electrons. The number of aliphatic carboxylic acids is 1. The van der Waals surface area contributed by atoms with E-state index in [1.54, 1.807) is 37.0 Å². The van der Waals surface area contributed by atoms with Crippen LogP contribution in [0.1, 0.15) is 15.9 Å². The first-order valence-corrected chi connectivity index (χ1v) is 14.2. The van der Waals surface area contributed by atoms with Crippen molar-refractivity contribution in [2.45, 2.75) is 12.5 Å². The van der Waals surface area contributed by atoms with Crippen molar-refractivity contribution in [3.8, 4) is 5.75 Å². The Labute approximate surface area is 211 Å². The molecular formula is C23H23Cl2N2O5PS. The summed E-state index contributed by atoms with van der Waals surface area (Å²) in [5.41, 5.74) is 0.657. The molecule has 4 N–H and O–H groups in total. The average molecular weight is 541 g/mol. The van der Waals surface area contributed by atoms with Crippen LogP contribution in [-0.2, 0) is 15.8 Å². The van der Waals surface area contributed by atoms with E-state index in [1.807, 2.05) is 11.4 Å². The Kier molecular flexibility index (Phi) is 8.66. The third-order valence-electron chi connectivity index (χ3n) is 5.14. The number of benzene rings is 2. The van der Waals surface area contributed by atoms with Gasteiger partial charge in [-0.3, -0.25) is 4.79 Å². The summed E-state index contributed by atoms with van der Waals surface area (Å²) in [5.74, 6) is -1.86. The maximum Gasteiger partial charge on any atom is 0.328 e. The lowest BCUT2D eigenvalue weighted by molar-refractivity contribution is -0.138. The van der Waals surface area contributed by atoms with Gasteiger partial charge in [0.25, 0.3) is 5.91 Å². The maximum atomic E-state index is 13.1. The van der Waals surface area contributed by atoms with Crippen LogP contribution in [0.2, 0.25) is 10.0 Å². The molecule has 0 aliphatic rings. The SMILES string of the molecule is CP(=O)(CCc1cc(Cl)c(C(=O)N[C@@H](CNc2cccs2)C(=O)O)c(Cl)c1)c1cccc(O)c1. The number of nitrogens with one attached hydrogen (secondary N) is 2. The summed E-state index contributed by atoms with van der Waals surface area (Å²) in [6.45, 7) is 1.62. The molecule has 0 saturated carbocycles. The highest BCUT2D eigenvalue weighted by molar-refractivity contribution is 7.70. The van der Waals surface area contributed by atoms with Gasteiger partial charge in [-0.15, -0.1) is 11.3 Å². The summed E-state index contributed by atoms with van der Waals surface area (Å²) in [5, 5.41) is 27.9. The zero-order chi connectivity index (χ0) is 24.9. The Bertz CT molecular complexity index is 1210. The van der Waals surface area contributed by atoms with Gasteiger partial charge in [0.2, 0.25) is 0 Å². The van der Waals surface area contributed by atoms with Crippen LogP contribution in [0.15, 0.2) is 53.9 Å². The number of aryl methyl sites for hydroxylation is 1. The molecule has 1 unspecified atom stereocenters. The lowest BCUT2D eigenvalue weighted by atomic mass is 10.1. The zero-order valence-corrected chi connectivity index (χ0v) is 21.3. The number of carboxylic acids is 1. The van der Waals surface area contributed by atoms with Gasteiger partial charge in [0.1, 0.15) is 18.9 Å². The first-order valence-electron chi connectivity index (χ1n) is 10.2. The number of hydrogen-bond acceptors (Lipinski definition) is 6. The summed E-state index contributed by atoms with van der Waals surface area (Å²) in [4.78, 5) is 24.4. The Hall–Kier alpha value is -2.51. The topological polar surface area (TPSA) is 116 Å². The van der Waals surface area contributed by atoms with Gasteiger partial charge in [-0.05, 0) is 60.4 Å². The largest absolute Gasteiger partial charge is 0.508 e. The fraction of sp³-hybridized carbons (Fsp3) is 0.217. The van der Waals surface area contributed by atoms with Crippen molar-refractivity contribution < 1.29 is 24.4 Å². The average Bonchev–Trinajstić information content (AvgIpc) is 3.28. The molecule has 7 nitrogen and oxygen atoms in total. The standard InChI is InChI=1S/C23H23Cl2N2O5PS/c1-33(32,16-5-2-4-15(28)12-16)8-7-14-10-17(24)21(18(25)11-14)22(29)27-19(23(30)31)13-26-20-6-3-9-34-20/h2-6,9-12,19,26,28H,7-8,13H2,1H3,(H,27,29)(H,30,31)/t19-,33?/m0/s1. The van der Waals surface area contributed by atoms with Gasteiger partial charge in [0.05, 0.1) is 20.6 Å². The number of thiophene rings is 1. The summed E-state index contributed by atoms with van der Waals surface area (Å²) in [7, 11) is -2.75. The first-order chi connectivity index (χ1) is 16.1. The maximum absolute atomic E-state index is 13.1. The molecule has 1 heterocycles. The molecular weight excluding hydrogens is 518 g/mol. The highest BCUT2D eigenvalue weighted by atomic mass is 35.5. The first kappa shape index (κ1) is 26.1. The molecule has 0 saturated heterocycles. The molecule has 2 aromatic carbocycles. The minimum Gasteiger partial charge on any atom is -0.508 e. The number of carboxylic acid groups (broad SMARTS) is 1. The molecule has 11 heteroatoms. The van der Waals surface area contributed by atoms with E-state index in [-0.39, 0.29) is 27.9 Å². The van der Waals surface area contributed by atoms with Crippen LogP contribution in [0.3, 0.4) is 0 Å². The fourth-order valence-electron chi connectivity index (χ4n) is 3.26. The van der Waals surface area contributed by atoms with Crippen LogP contribution >= 0.6 is 41.7 Å². The van der Waals surface area contributed by atoms with Crippen LogP contribution in [0.25, 0.3) is 0 Å².